The molecular formula is C18H17ClFN3O. The molecule has 0 radical (unpaired) electrons. The highest BCUT2D eigenvalue weighted by atomic mass is 35.5. The van der Waals surface area contributed by atoms with Crippen molar-refractivity contribution in [2.75, 3.05) is 6.54 Å². The van der Waals surface area contributed by atoms with Gasteiger partial charge in [-0.25, -0.2) is 4.39 Å². The summed E-state index contributed by atoms with van der Waals surface area (Å²) in [6.45, 7) is 0.987. The Kier molecular flexibility index (Phi) is 5.11. The molecule has 0 spiro atoms. The van der Waals surface area contributed by atoms with Crippen molar-refractivity contribution in [2.24, 2.45) is 0 Å². The number of nitrogens with one attached hydrogen (secondary N) is 1. The molecule has 3 aromatic rings. The Bertz CT molecular complexity index is 845. The van der Waals surface area contributed by atoms with Crippen molar-refractivity contribution in [3.63, 3.8) is 0 Å². The highest BCUT2D eigenvalue weighted by Crippen LogP contribution is 2.22. The van der Waals surface area contributed by atoms with E-state index in [1.807, 2.05) is 24.3 Å². The van der Waals surface area contributed by atoms with E-state index in [4.69, 9.17) is 11.6 Å². The highest BCUT2D eigenvalue weighted by Gasteiger charge is 2.09. The minimum atomic E-state index is -0.257. The predicted octanol–water partition coefficient (Wildman–Crippen LogP) is 3.58. The van der Waals surface area contributed by atoms with Crippen molar-refractivity contribution in [2.45, 2.75) is 19.4 Å². The maximum atomic E-state index is 12.8. The van der Waals surface area contributed by atoms with E-state index < -0.39 is 0 Å². The molecule has 0 unspecified atom stereocenters. The molecule has 1 amide bonds. The quantitative estimate of drug-likeness (QED) is 0.742. The largest absolute Gasteiger partial charge is 0.356 e. The Morgan fingerprint density at radius 2 is 1.92 bits per heavy atom. The SMILES string of the molecule is O=C(CCn1nc(Cl)c2ccccc21)NCCc1ccc(F)cc1. The zero-order valence-corrected chi connectivity index (χ0v) is 13.8. The summed E-state index contributed by atoms with van der Waals surface area (Å²) >= 11 is 6.10. The van der Waals surface area contributed by atoms with Crippen LogP contribution in [-0.4, -0.2) is 22.2 Å². The maximum Gasteiger partial charge on any atom is 0.221 e. The van der Waals surface area contributed by atoms with Crippen molar-refractivity contribution in [1.29, 1.82) is 0 Å². The number of fused-ring (bicyclic) bond motifs is 1. The van der Waals surface area contributed by atoms with Crippen LogP contribution in [0, 0.1) is 5.82 Å². The van der Waals surface area contributed by atoms with Crippen LogP contribution in [0.4, 0.5) is 4.39 Å². The minimum Gasteiger partial charge on any atom is -0.356 e. The number of carbonyl (C=O) groups excluding carboxylic acids is 1. The van der Waals surface area contributed by atoms with Gasteiger partial charge in [0, 0.05) is 18.4 Å². The molecule has 1 heterocycles. The summed E-state index contributed by atoms with van der Waals surface area (Å²) in [6, 6.07) is 13.9. The highest BCUT2D eigenvalue weighted by molar-refractivity contribution is 6.34. The first-order valence-corrected chi connectivity index (χ1v) is 8.13. The van der Waals surface area contributed by atoms with Gasteiger partial charge in [0.1, 0.15) is 5.82 Å². The number of hydrogen-bond donors (Lipinski definition) is 1. The standard InChI is InChI=1S/C18H17ClFN3O/c19-18-15-3-1-2-4-16(15)23(22-18)12-10-17(24)21-11-9-13-5-7-14(20)8-6-13/h1-8H,9-12H2,(H,21,24). The maximum absolute atomic E-state index is 12.8. The molecule has 4 nitrogen and oxygen atoms in total. The van der Waals surface area contributed by atoms with Gasteiger partial charge in [-0.3, -0.25) is 9.48 Å². The monoisotopic (exact) mass is 345 g/mol. The molecule has 6 heteroatoms. The van der Waals surface area contributed by atoms with Gasteiger partial charge in [-0.05, 0) is 36.2 Å². The number of rotatable bonds is 6. The lowest BCUT2D eigenvalue weighted by Gasteiger charge is -2.06. The van der Waals surface area contributed by atoms with Crippen LogP contribution in [0.5, 0.6) is 0 Å². The second kappa shape index (κ2) is 7.45. The lowest BCUT2D eigenvalue weighted by atomic mass is 10.1. The van der Waals surface area contributed by atoms with E-state index >= 15 is 0 Å². The molecule has 124 valence electrons. The number of hydrogen-bond acceptors (Lipinski definition) is 2. The molecule has 0 atom stereocenters. The smallest absolute Gasteiger partial charge is 0.221 e. The summed E-state index contributed by atoms with van der Waals surface area (Å²) in [7, 11) is 0. The zero-order valence-electron chi connectivity index (χ0n) is 13.0. The molecule has 3 rings (SSSR count). The fraction of sp³-hybridized carbons (Fsp3) is 0.222. The molecular weight excluding hydrogens is 329 g/mol. The molecule has 0 bridgehead atoms. The lowest BCUT2D eigenvalue weighted by Crippen LogP contribution is -2.26. The third-order valence-electron chi connectivity index (χ3n) is 3.81. The normalized spacial score (nSPS) is 10.9. The summed E-state index contributed by atoms with van der Waals surface area (Å²) in [5, 5.41) is 8.46. The van der Waals surface area contributed by atoms with Crippen LogP contribution in [0.1, 0.15) is 12.0 Å². The fourth-order valence-corrected chi connectivity index (χ4v) is 2.80. The molecule has 1 N–H and O–H groups in total. The van der Waals surface area contributed by atoms with Crippen LogP contribution in [0.2, 0.25) is 5.15 Å². The summed E-state index contributed by atoms with van der Waals surface area (Å²) < 4.78 is 14.6. The van der Waals surface area contributed by atoms with E-state index in [0.29, 0.717) is 31.1 Å². The van der Waals surface area contributed by atoms with E-state index in [1.54, 1.807) is 16.8 Å². The van der Waals surface area contributed by atoms with Crippen molar-refractivity contribution in [3.05, 3.63) is 65.1 Å². The van der Waals surface area contributed by atoms with Crippen LogP contribution < -0.4 is 5.32 Å². The summed E-state index contributed by atoms with van der Waals surface area (Å²) in [6.07, 6.45) is 0.994. The summed E-state index contributed by atoms with van der Waals surface area (Å²) in [5.41, 5.74) is 1.91. The number of benzene rings is 2. The van der Waals surface area contributed by atoms with E-state index in [1.165, 1.54) is 12.1 Å². The van der Waals surface area contributed by atoms with Crippen LogP contribution in [0.3, 0.4) is 0 Å². The van der Waals surface area contributed by atoms with Crippen LogP contribution in [0.25, 0.3) is 10.9 Å². The Labute approximate surface area is 144 Å². The van der Waals surface area contributed by atoms with Crippen LogP contribution in [0.15, 0.2) is 48.5 Å². The van der Waals surface area contributed by atoms with Gasteiger partial charge in [0.05, 0.1) is 12.1 Å². The molecule has 0 fully saturated rings. The molecule has 0 saturated heterocycles. The first-order chi connectivity index (χ1) is 11.6. The van der Waals surface area contributed by atoms with Gasteiger partial charge in [-0.2, -0.15) is 5.10 Å². The predicted molar refractivity (Wildman–Crippen MR) is 92.5 cm³/mol. The minimum absolute atomic E-state index is 0.0483. The Morgan fingerprint density at radius 1 is 1.17 bits per heavy atom. The number of halogens is 2. The number of carbonyl (C=O) groups is 1. The molecule has 2 aromatic carbocycles. The second-order valence-corrected chi connectivity index (χ2v) is 5.87. The summed E-state index contributed by atoms with van der Waals surface area (Å²) in [5.74, 6) is -0.305. The van der Waals surface area contributed by atoms with Gasteiger partial charge < -0.3 is 5.32 Å². The van der Waals surface area contributed by atoms with Gasteiger partial charge in [0.25, 0.3) is 0 Å². The van der Waals surface area contributed by atoms with Crippen molar-refractivity contribution >= 4 is 28.4 Å². The molecule has 0 aliphatic rings. The number of aromatic nitrogens is 2. The average molecular weight is 346 g/mol. The van der Waals surface area contributed by atoms with E-state index in [0.717, 1.165) is 16.5 Å². The Balaban J connectivity index is 1.49. The Morgan fingerprint density at radius 3 is 2.71 bits per heavy atom. The third-order valence-corrected chi connectivity index (χ3v) is 4.09. The molecule has 0 aliphatic carbocycles. The lowest BCUT2D eigenvalue weighted by molar-refractivity contribution is -0.121. The van der Waals surface area contributed by atoms with E-state index in [2.05, 4.69) is 10.4 Å². The number of para-hydroxylation sites is 1. The summed E-state index contributed by atoms with van der Waals surface area (Å²) in [4.78, 5) is 12.0. The first-order valence-electron chi connectivity index (χ1n) is 7.75. The van der Waals surface area contributed by atoms with Gasteiger partial charge in [0.15, 0.2) is 5.15 Å². The zero-order chi connectivity index (χ0) is 16.9. The van der Waals surface area contributed by atoms with Gasteiger partial charge >= 0.3 is 0 Å². The number of amides is 1. The van der Waals surface area contributed by atoms with Crippen molar-refractivity contribution in [3.8, 4) is 0 Å². The molecule has 24 heavy (non-hydrogen) atoms. The Hall–Kier alpha value is -2.40. The van der Waals surface area contributed by atoms with Crippen LogP contribution in [-0.2, 0) is 17.8 Å². The first kappa shape index (κ1) is 16.5. The van der Waals surface area contributed by atoms with Crippen LogP contribution >= 0.6 is 11.6 Å². The van der Waals surface area contributed by atoms with E-state index in [9.17, 15) is 9.18 Å². The van der Waals surface area contributed by atoms with Gasteiger partial charge in [-0.15, -0.1) is 0 Å². The van der Waals surface area contributed by atoms with Gasteiger partial charge in [-0.1, -0.05) is 35.9 Å². The third kappa shape index (κ3) is 3.92. The molecule has 0 aliphatic heterocycles. The molecule has 0 saturated carbocycles. The molecule has 1 aromatic heterocycles. The van der Waals surface area contributed by atoms with Crippen molar-refractivity contribution < 1.29 is 9.18 Å². The fourth-order valence-electron chi connectivity index (χ4n) is 2.55. The second-order valence-electron chi connectivity index (χ2n) is 5.51. The number of aryl methyl sites for hydroxylation is 1. The van der Waals surface area contributed by atoms with Gasteiger partial charge in [0.2, 0.25) is 5.91 Å². The number of nitrogens with zero attached hydrogens (tertiary/aromatic N) is 2. The average Bonchev–Trinajstić information content (AvgIpc) is 2.91. The topological polar surface area (TPSA) is 46.9 Å². The van der Waals surface area contributed by atoms with E-state index in [-0.39, 0.29) is 11.7 Å². The van der Waals surface area contributed by atoms with Crippen molar-refractivity contribution in [1.82, 2.24) is 15.1 Å².